The van der Waals surface area contributed by atoms with Crippen LogP contribution in [0.15, 0.2) is 22.8 Å². The number of hydrogen-bond donors (Lipinski definition) is 3. The molecule has 0 radical (unpaired) electrons. The van der Waals surface area contributed by atoms with Crippen molar-refractivity contribution in [1.29, 1.82) is 0 Å². The van der Waals surface area contributed by atoms with E-state index in [1.807, 2.05) is 41.5 Å². The monoisotopic (exact) mass is 514 g/mol. The van der Waals surface area contributed by atoms with Gasteiger partial charge in [0.05, 0.1) is 17.6 Å². The largest absolute Gasteiger partial charge is 0.478 e. The Morgan fingerprint density at radius 2 is 1.68 bits per heavy atom. The van der Waals surface area contributed by atoms with Gasteiger partial charge in [0.15, 0.2) is 11.6 Å². The van der Waals surface area contributed by atoms with Crippen LogP contribution in [0.2, 0.25) is 0 Å². The molecule has 2 saturated carbocycles. The van der Waals surface area contributed by atoms with Crippen LogP contribution < -0.4 is 0 Å². The van der Waals surface area contributed by atoms with Crippen LogP contribution in [0.4, 0.5) is 0 Å². The molecule has 2 unspecified atom stereocenters. The first-order valence-corrected chi connectivity index (χ1v) is 13.6. The summed E-state index contributed by atoms with van der Waals surface area (Å²) in [5.74, 6) is -1.95. The van der Waals surface area contributed by atoms with E-state index in [1.54, 1.807) is 0 Å². The molecule has 0 aliphatic heterocycles. The van der Waals surface area contributed by atoms with E-state index in [1.165, 1.54) is 13.0 Å². The highest BCUT2D eigenvalue weighted by molar-refractivity contribution is 6.16. The summed E-state index contributed by atoms with van der Waals surface area (Å²) in [5.41, 5.74) is -2.01. The molecule has 4 rings (SSSR count). The van der Waals surface area contributed by atoms with Crippen molar-refractivity contribution < 1.29 is 34.5 Å². The lowest BCUT2D eigenvalue weighted by Gasteiger charge is -2.60. The van der Waals surface area contributed by atoms with Crippen molar-refractivity contribution in [2.24, 2.45) is 39.4 Å². The third-order valence-electron chi connectivity index (χ3n) is 11.3. The maximum Gasteiger partial charge on any atom is 0.331 e. The highest BCUT2D eigenvalue weighted by atomic mass is 16.4. The quantitative estimate of drug-likeness (QED) is 0.472. The molecule has 2 fully saturated rings. The van der Waals surface area contributed by atoms with E-state index in [9.17, 15) is 29.4 Å². The molecule has 8 atom stereocenters. The molecular weight excluding hydrogens is 472 g/mol. The van der Waals surface area contributed by atoms with Crippen LogP contribution in [-0.4, -0.2) is 50.8 Å². The molecule has 7 heteroatoms. The number of allylic oxidation sites excluding steroid dienone is 2. The second-order valence-electron chi connectivity index (χ2n) is 13.5. The molecule has 37 heavy (non-hydrogen) atoms. The number of carbonyl (C=O) groups is 4. The third-order valence-corrected chi connectivity index (χ3v) is 11.3. The van der Waals surface area contributed by atoms with E-state index in [0.29, 0.717) is 24.0 Å². The van der Waals surface area contributed by atoms with E-state index in [4.69, 9.17) is 5.11 Å². The molecule has 0 aromatic heterocycles. The number of carboxylic acid groups (broad SMARTS) is 1. The van der Waals surface area contributed by atoms with Gasteiger partial charge in [-0.1, -0.05) is 34.6 Å². The van der Waals surface area contributed by atoms with Crippen molar-refractivity contribution in [1.82, 2.24) is 0 Å². The SMILES string of the molecule is C/C(=C\C(O)C[C@@H](C)[C@H]1CC(=O)[C@@]2(C)C3=C(C(=O)C[C@]12C)[C@@]1(C)CC[C@H](O)C(C)(C)C1CC3=O)C(=O)O. The Balaban J connectivity index is 1.78. The zero-order valence-electron chi connectivity index (χ0n) is 23.2. The molecule has 4 aliphatic rings. The highest BCUT2D eigenvalue weighted by Gasteiger charge is 2.70. The molecular formula is C30H42O7. The summed E-state index contributed by atoms with van der Waals surface area (Å²) in [6, 6.07) is 0. The van der Waals surface area contributed by atoms with Crippen LogP contribution in [-0.2, 0) is 19.2 Å². The number of aliphatic hydroxyl groups excluding tert-OH is 2. The Bertz CT molecular complexity index is 1130. The predicted octanol–water partition coefficient (Wildman–Crippen LogP) is 4.05. The van der Waals surface area contributed by atoms with Crippen LogP contribution in [0.5, 0.6) is 0 Å². The molecule has 0 aromatic rings. The van der Waals surface area contributed by atoms with Gasteiger partial charge in [-0.05, 0) is 67.8 Å². The molecule has 7 nitrogen and oxygen atoms in total. The number of fused-ring (bicyclic) bond motifs is 4. The lowest BCUT2D eigenvalue weighted by Crippen LogP contribution is -2.59. The Morgan fingerprint density at radius 1 is 1.05 bits per heavy atom. The van der Waals surface area contributed by atoms with Crippen LogP contribution in [0.1, 0.15) is 87.0 Å². The van der Waals surface area contributed by atoms with Crippen molar-refractivity contribution in [3.05, 3.63) is 22.8 Å². The molecule has 0 heterocycles. The van der Waals surface area contributed by atoms with Gasteiger partial charge >= 0.3 is 5.97 Å². The summed E-state index contributed by atoms with van der Waals surface area (Å²) >= 11 is 0. The topological polar surface area (TPSA) is 129 Å². The second kappa shape index (κ2) is 8.70. The van der Waals surface area contributed by atoms with Gasteiger partial charge in [-0.25, -0.2) is 4.79 Å². The predicted molar refractivity (Wildman–Crippen MR) is 137 cm³/mol. The Morgan fingerprint density at radius 3 is 2.27 bits per heavy atom. The minimum absolute atomic E-state index is 0.0379. The summed E-state index contributed by atoms with van der Waals surface area (Å²) < 4.78 is 0. The van der Waals surface area contributed by atoms with Gasteiger partial charge in [0.25, 0.3) is 0 Å². The van der Waals surface area contributed by atoms with Gasteiger partial charge in [-0.3, -0.25) is 14.4 Å². The fourth-order valence-electron chi connectivity index (χ4n) is 8.80. The first kappa shape index (κ1) is 27.9. The summed E-state index contributed by atoms with van der Waals surface area (Å²) in [7, 11) is 0. The zero-order chi connectivity index (χ0) is 27.9. The van der Waals surface area contributed by atoms with Crippen molar-refractivity contribution in [3.63, 3.8) is 0 Å². The van der Waals surface area contributed by atoms with Crippen LogP contribution in [0.25, 0.3) is 0 Å². The minimum Gasteiger partial charge on any atom is -0.478 e. The highest BCUT2D eigenvalue weighted by Crippen LogP contribution is 2.70. The van der Waals surface area contributed by atoms with Crippen molar-refractivity contribution >= 4 is 23.3 Å². The number of ketones is 3. The number of carbonyl (C=O) groups excluding carboxylic acids is 3. The first-order chi connectivity index (χ1) is 16.9. The van der Waals surface area contributed by atoms with E-state index in [2.05, 4.69) is 0 Å². The van der Waals surface area contributed by atoms with Crippen molar-refractivity contribution in [2.45, 2.75) is 99.2 Å². The fraction of sp³-hybridized carbons (Fsp3) is 0.733. The van der Waals surface area contributed by atoms with Crippen molar-refractivity contribution in [2.75, 3.05) is 0 Å². The average molecular weight is 515 g/mol. The summed E-state index contributed by atoms with van der Waals surface area (Å²) in [4.78, 5) is 53.0. The molecule has 0 saturated heterocycles. The first-order valence-electron chi connectivity index (χ1n) is 13.6. The van der Waals surface area contributed by atoms with Crippen molar-refractivity contribution in [3.8, 4) is 0 Å². The number of hydrogen-bond acceptors (Lipinski definition) is 6. The molecule has 0 aromatic carbocycles. The van der Waals surface area contributed by atoms with E-state index >= 15 is 0 Å². The minimum atomic E-state index is -1.10. The standard InChI is InChI=1S/C30H42O7/c1-15(10-17(31)11-16(2)26(36)37)18-12-23(35)30(7)25-19(32)13-21-27(3,4)22(34)8-9-28(21,5)24(25)20(33)14-29(18,30)6/h11,15,17-18,21-22,31,34H,8-10,12-14H2,1-7H3,(H,36,37)/b16-11+/t15-,17?,18-,21?,22+,28+,29-,30+/m1/s1. The number of aliphatic carboxylic acids is 1. The van der Waals surface area contributed by atoms with Gasteiger partial charge in [0, 0.05) is 41.4 Å². The van der Waals surface area contributed by atoms with E-state index in [-0.39, 0.29) is 66.4 Å². The maximum absolute atomic E-state index is 14.0. The zero-order valence-corrected chi connectivity index (χ0v) is 23.2. The van der Waals surface area contributed by atoms with Gasteiger partial charge in [0.2, 0.25) is 0 Å². The van der Waals surface area contributed by atoms with Gasteiger partial charge in [-0.2, -0.15) is 0 Å². The van der Waals surface area contributed by atoms with Crippen LogP contribution in [0, 0.1) is 39.4 Å². The summed E-state index contributed by atoms with van der Waals surface area (Å²) in [6.07, 6.45) is 1.75. The number of carboxylic acids is 1. The van der Waals surface area contributed by atoms with Gasteiger partial charge < -0.3 is 15.3 Å². The summed E-state index contributed by atoms with van der Waals surface area (Å²) in [5, 5.41) is 30.4. The summed E-state index contributed by atoms with van der Waals surface area (Å²) in [6.45, 7) is 13.1. The molecule has 4 aliphatic carbocycles. The van der Waals surface area contributed by atoms with Gasteiger partial charge in [-0.15, -0.1) is 0 Å². The second-order valence-corrected chi connectivity index (χ2v) is 13.5. The smallest absolute Gasteiger partial charge is 0.331 e. The normalized spacial score (nSPS) is 41.2. The van der Waals surface area contributed by atoms with Crippen LogP contribution in [0.3, 0.4) is 0 Å². The van der Waals surface area contributed by atoms with E-state index < -0.39 is 39.8 Å². The van der Waals surface area contributed by atoms with E-state index in [0.717, 1.165) is 0 Å². The molecule has 3 N–H and O–H groups in total. The Labute approximate surface area is 219 Å². The average Bonchev–Trinajstić information content (AvgIpc) is 2.99. The number of Topliss-reactive ketones (excluding diaryl/α,β-unsaturated/α-hetero) is 3. The molecule has 204 valence electrons. The molecule has 0 bridgehead atoms. The third kappa shape index (κ3) is 3.75. The molecule has 0 spiro atoms. The fourth-order valence-corrected chi connectivity index (χ4v) is 8.80. The number of aliphatic hydroxyl groups is 2. The Hall–Kier alpha value is -2.12. The lowest BCUT2D eigenvalue weighted by molar-refractivity contribution is -0.145. The van der Waals surface area contributed by atoms with Gasteiger partial charge in [0.1, 0.15) is 5.78 Å². The maximum atomic E-state index is 14.0. The molecule has 0 amide bonds. The Kier molecular flexibility index (Phi) is 6.56. The lowest BCUT2D eigenvalue weighted by atomic mass is 9.42. The number of rotatable bonds is 5. The van der Waals surface area contributed by atoms with Crippen LogP contribution >= 0.6 is 0 Å².